The number of aliphatic hydroxyl groups is 1. The molecule has 1 aliphatic rings. The predicted molar refractivity (Wildman–Crippen MR) is 131 cm³/mol. The van der Waals surface area contributed by atoms with E-state index in [1.165, 1.54) is 18.3 Å². The van der Waals surface area contributed by atoms with E-state index in [0.717, 1.165) is 5.56 Å². The number of methoxy groups -OCH3 is 2. The summed E-state index contributed by atoms with van der Waals surface area (Å²) in [4.78, 5) is 28.0. The molecular weight excluding hydrogens is 446 g/mol. The monoisotopic (exact) mass is 475 g/mol. The Morgan fingerprint density at radius 3 is 2.34 bits per heavy atom. The summed E-state index contributed by atoms with van der Waals surface area (Å²) in [5.41, 5.74) is 1.59. The quantitative estimate of drug-likeness (QED) is 0.299. The third kappa shape index (κ3) is 4.41. The van der Waals surface area contributed by atoms with Gasteiger partial charge in [0.15, 0.2) is 0 Å². The molecule has 0 aliphatic carbocycles. The molecule has 3 aromatic rings. The van der Waals surface area contributed by atoms with E-state index in [4.69, 9.17) is 13.9 Å². The lowest BCUT2D eigenvalue weighted by Crippen LogP contribution is -2.29. The number of aliphatic hydroxyl groups excluding tert-OH is 1. The van der Waals surface area contributed by atoms with Crippen molar-refractivity contribution in [2.24, 2.45) is 0 Å². The lowest BCUT2D eigenvalue weighted by atomic mass is 9.84. The molecule has 7 nitrogen and oxygen atoms in total. The Labute approximate surface area is 204 Å². The van der Waals surface area contributed by atoms with Crippen LogP contribution in [0.4, 0.5) is 0 Å². The second-order valence-corrected chi connectivity index (χ2v) is 9.41. The second-order valence-electron chi connectivity index (χ2n) is 9.41. The summed E-state index contributed by atoms with van der Waals surface area (Å²) in [6.07, 6.45) is 1.51. The number of carbonyl (C=O) groups excluding carboxylic acids is 2. The summed E-state index contributed by atoms with van der Waals surface area (Å²) in [7, 11) is 3.11. The molecule has 0 spiro atoms. The molecule has 1 atom stereocenters. The SMILES string of the molecule is COc1ccccc1C1/C(=C(\O)c2ccc(OC)c(C(C)(C)C)c2)C(=O)C(=O)N1Cc1ccco1. The van der Waals surface area contributed by atoms with E-state index in [-0.39, 0.29) is 23.3 Å². The Kier molecular flexibility index (Phi) is 6.43. The van der Waals surface area contributed by atoms with E-state index < -0.39 is 17.7 Å². The Balaban J connectivity index is 1.93. The van der Waals surface area contributed by atoms with Crippen LogP contribution in [0.3, 0.4) is 0 Å². The number of nitrogens with zero attached hydrogens (tertiary/aromatic N) is 1. The van der Waals surface area contributed by atoms with Crippen molar-refractivity contribution in [2.45, 2.75) is 38.8 Å². The second kappa shape index (κ2) is 9.33. The highest BCUT2D eigenvalue weighted by atomic mass is 16.5. The van der Waals surface area contributed by atoms with Gasteiger partial charge in [-0.2, -0.15) is 0 Å². The third-order valence-electron chi connectivity index (χ3n) is 6.16. The number of benzene rings is 2. The number of para-hydroxylation sites is 1. The molecular formula is C28H29NO6. The summed E-state index contributed by atoms with van der Waals surface area (Å²) >= 11 is 0. The molecule has 0 saturated carbocycles. The first-order valence-corrected chi connectivity index (χ1v) is 11.3. The van der Waals surface area contributed by atoms with Crippen molar-refractivity contribution < 1.29 is 28.6 Å². The number of Topliss-reactive ketones (excluding diaryl/α,β-unsaturated/α-hetero) is 1. The normalized spacial score (nSPS) is 17.6. The van der Waals surface area contributed by atoms with Gasteiger partial charge in [0.25, 0.3) is 11.7 Å². The Bertz CT molecular complexity index is 1280. The average Bonchev–Trinajstić information content (AvgIpc) is 3.45. The van der Waals surface area contributed by atoms with Gasteiger partial charge >= 0.3 is 0 Å². The summed E-state index contributed by atoms with van der Waals surface area (Å²) in [6.45, 7) is 6.16. The molecule has 0 radical (unpaired) electrons. The topological polar surface area (TPSA) is 89.2 Å². The molecule has 1 aliphatic heterocycles. The first-order valence-electron chi connectivity index (χ1n) is 11.3. The van der Waals surface area contributed by atoms with Crippen molar-refractivity contribution in [2.75, 3.05) is 14.2 Å². The molecule has 1 amide bonds. The minimum atomic E-state index is -0.864. The van der Waals surface area contributed by atoms with Crippen molar-refractivity contribution in [3.05, 3.63) is 88.9 Å². The molecule has 1 N–H and O–H groups in total. The van der Waals surface area contributed by atoms with Crippen LogP contribution >= 0.6 is 0 Å². The number of ether oxygens (including phenoxy) is 2. The predicted octanol–water partition coefficient (Wildman–Crippen LogP) is 5.22. The number of amides is 1. The molecule has 1 fully saturated rings. The highest BCUT2D eigenvalue weighted by molar-refractivity contribution is 6.46. The summed E-state index contributed by atoms with van der Waals surface area (Å²) in [5.74, 6) is -0.0458. The van der Waals surface area contributed by atoms with Crippen LogP contribution in [0.1, 0.15) is 49.3 Å². The van der Waals surface area contributed by atoms with Gasteiger partial charge in [-0.3, -0.25) is 9.59 Å². The largest absolute Gasteiger partial charge is 0.507 e. The molecule has 7 heteroatoms. The number of carbonyl (C=O) groups is 2. The van der Waals surface area contributed by atoms with Gasteiger partial charge < -0.3 is 23.9 Å². The van der Waals surface area contributed by atoms with Crippen LogP contribution in [-0.2, 0) is 21.5 Å². The van der Waals surface area contributed by atoms with E-state index >= 15 is 0 Å². The molecule has 2 heterocycles. The Morgan fingerprint density at radius 1 is 1.00 bits per heavy atom. The van der Waals surface area contributed by atoms with Gasteiger partial charge in [-0.15, -0.1) is 0 Å². The average molecular weight is 476 g/mol. The van der Waals surface area contributed by atoms with Crippen molar-refractivity contribution in [3.63, 3.8) is 0 Å². The van der Waals surface area contributed by atoms with Gasteiger partial charge in [0.05, 0.1) is 38.6 Å². The van der Waals surface area contributed by atoms with Gasteiger partial charge in [-0.05, 0) is 41.8 Å². The summed E-state index contributed by atoms with van der Waals surface area (Å²) in [5, 5.41) is 11.5. The zero-order valence-electron chi connectivity index (χ0n) is 20.5. The minimum absolute atomic E-state index is 0.00363. The van der Waals surface area contributed by atoms with E-state index in [0.29, 0.717) is 28.4 Å². The number of rotatable bonds is 6. The van der Waals surface area contributed by atoms with E-state index in [2.05, 4.69) is 0 Å². The summed E-state index contributed by atoms with van der Waals surface area (Å²) < 4.78 is 16.5. The fourth-order valence-electron chi connectivity index (χ4n) is 4.43. The molecule has 4 rings (SSSR count). The number of hydrogen-bond donors (Lipinski definition) is 1. The van der Waals surface area contributed by atoms with Gasteiger partial charge in [-0.25, -0.2) is 0 Å². The van der Waals surface area contributed by atoms with Gasteiger partial charge in [0.1, 0.15) is 23.0 Å². The summed E-state index contributed by atoms with van der Waals surface area (Å²) in [6, 6.07) is 15.0. The Morgan fingerprint density at radius 2 is 1.71 bits per heavy atom. The van der Waals surface area contributed by atoms with Crippen LogP contribution in [0.5, 0.6) is 11.5 Å². The number of hydrogen-bond acceptors (Lipinski definition) is 6. The molecule has 1 aromatic heterocycles. The fourth-order valence-corrected chi connectivity index (χ4v) is 4.43. The van der Waals surface area contributed by atoms with Crippen molar-refractivity contribution in [3.8, 4) is 11.5 Å². The maximum atomic E-state index is 13.3. The lowest BCUT2D eigenvalue weighted by Gasteiger charge is -2.26. The first-order chi connectivity index (χ1) is 16.7. The van der Waals surface area contributed by atoms with E-state index in [9.17, 15) is 14.7 Å². The molecule has 1 saturated heterocycles. The third-order valence-corrected chi connectivity index (χ3v) is 6.16. The fraction of sp³-hybridized carbons (Fsp3) is 0.286. The Hall–Kier alpha value is -4.00. The van der Waals surface area contributed by atoms with Crippen LogP contribution in [0.2, 0.25) is 0 Å². The van der Waals surface area contributed by atoms with E-state index in [1.807, 2.05) is 20.8 Å². The number of furan rings is 1. The van der Waals surface area contributed by atoms with Crippen LogP contribution in [-0.4, -0.2) is 35.9 Å². The molecule has 2 aromatic carbocycles. The highest BCUT2D eigenvalue weighted by Crippen LogP contribution is 2.44. The van der Waals surface area contributed by atoms with Crippen molar-refractivity contribution >= 4 is 17.4 Å². The van der Waals surface area contributed by atoms with Gasteiger partial charge in [0, 0.05) is 16.7 Å². The standard InChI is InChI=1S/C28H29NO6/c1-28(2,3)20-15-17(12-13-22(20)34-5)25(30)23-24(19-10-6-7-11-21(19)33-4)29(27(32)26(23)31)16-18-9-8-14-35-18/h6-15,24,30H,16H2,1-5H3/b25-23+. The number of ketones is 1. The van der Waals surface area contributed by atoms with Gasteiger partial charge in [0.2, 0.25) is 0 Å². The van der Waals surface area contributed by atoms with Gasteiger partial charge in [-0.1, -0.05) is 39.0 Å². The zero-order valence-corrected chi connectivity index (χ0v) is 20.5. The van der Waals surface area contributed by atoms with Crippen LogP contribution in [0.15, 0.2) is 70.9 Å². The van der Waals surface area contributed by atoms with Crippen LogP contribution < -0.4 is 9.47 Å². The van der Waals surface area contributed by atoms with Crippen molar-refractivity contribution in [1.29, 1.82) is 0 Å². The van der Waals surface area contributed by atoms with Crippen LogP contribution in [0, 0.1) is 0 Å². The van der Waals surface area contributed by atoms with Crippen LogP contribution in [0.25, 0.3) is 5.76 Å². The maximum Gasteiger partial charge on any atom is 0.296 e. The highest BCUT2D eigenvalue weighted by Gasteiger charge is 2.47. The zero-order chi connectivity index (χ0) is 25.3. The number of likely N-dealkylation sites (tertiary alicyclic amines) is 1. The smallest absolute Gasteiger partial charge is 0.296 e. The lowest BCUT2D eigenvalue weighted by molar-refractivity contribution is -0.140. The molecule has 182 valence electrons. The molecule has 0 bridgehead atoms. The maximum absolute atomic E-state index is 13.3. The molecule has 35 heavy (non-hydrogen) atoms. The van der Waals surface area contributed by atoms with Crippen molar-refractivity contribution in [1.82, 2.24) is 4.90 Å². The minimum Gasteiger partial charge on any atom is -0.507 e. The molecule has 1 unspecified atom stereocenters. The van der Waals surface area contributed by atoms with E-state index in [1.54, 1.807) is 61.7 Å². The first kappa shape index (κ1) is 24.1.